The average molecular weight is 440 g/mol. The van der Waals surface area contributed by atoms with Crippen LogP contribution in [0.1, 0.15) is 26.3 Å². The van der Waals surface area contributed by atoms with Crippen molar-refractivity contribution in [2.75, 3.05) is 0 Å². The number of phenolic OH excluding ortho intramolecular Hbond substituents is 1. The van der Waals surface area contributed by atoms with Crippen LogP contribution >= 0.6 is 0 Å². The summed E-state index contributed by atoms with van der Waals surface area (Å²) in [7, 11) is 0. The van der Waals surface area contributed by atoms with Crippen molar-refractivity contribution < 1.29 is 14.7 Å². The molecule has 1 heterocycles. The first-order valence-corrected chi connectivity index (χ1v) is 11.0. The molecular weight excluding hydrogens is 424 g/mol. The van der Waals surface area contributed by atoms with Gasteiger partial charge < -0.3 is 5.11 Å². The van der Waals surface area contributed by atoms with Gasteiger partial charge in [-0.1, -0.05) is 66.7 Å². The van der Waals surface area contributed by atoms with E-state index in [1.807, 2.05) is 18.2 Å². The van der Waals surface area contributed by atoms with Crippen molar-refractivity contribution in [3.8, 4) is 5.75 Å². The molecule has 0 bridgehead atoms. The number of benzene rings is 6. The van der Waals surface area contributed by atoms with Crippen molar-refractivity contribution in [1.82, 2.24) is 5.01 Å². The molecule has 34 heavy (non-hydrogen) atoms. The van der Waals surface area contributed by atoms with Gasteiger partial charge in [0.1, 0.15) is 5.75 Å². The van der Waals surface area contributed by atoms with Gasteiger partial charge in [0.15, 0.2) is 0 Å². The zero-order valence-electron chi connectivity index (χ0n) is 17.8. The van der Waals surface area contributed by atoms with E-state index in [2.05, 4.69) is 41.5 Å². The van der Waals surface area contributed by atoms with Gasteiger partial charge in [-0.05, 0) is 55.9 Å². The van der Waals surface area contributed by atoms with Crippen LogP contribution < -0.4 is 0 Å². The van der Waals surface area contributed by atoms with Gasteiger partial charge in [0.25, 0.3) is 11.8 Å². The van der Waals surface area contributed by atoms with E-state index < -0.39 is 11.8 Å². The highest BCUT2D eigenvalue weighted by Crippen LogP contribution is 2.36. The fraction of sp³-hybridized carbons (Fsp3) is 0. The summed E-state index contributed by atoms with van der Waals surface area (Å²) in [5, 5.41) is 23.3. The highest BCUT2D eigenvalue weighted by molar-refractivity contribution is 6.27. The van der Waals surface area contributed by atoms with E-state index in [1.165, 1.54) is 11.5 Å². The van der Waals surface area contributed by atoms with E-state index in [9.17, 15) is 14.7 Å². The molecule has 2 amide bonds. The molecule has 0 aliphatic carbocycles. The summed E-state index contributed by atoms with van der Waals surface area (Å²) in [5.74, 6) is -1.07. The van der Waals surface area contributed by atoms with Crippen molar-refractivity contribution in [2.24, 2.45) is 5.10 Å². The molecule has 0 fully saturated rings. The Labute approximate surface area is 193 Å². The fourth-order valence-corrected chi connectivity index (χ4v) is 5.17. The smallest absolute Gasteiger partial charge is 0.282 e. The van der Waals surface area contributed by atoms with Gasteiger partial charge in [-0.3, -0.25) is 9.59 Å². The van der Waals surface area contributed by atoms with E-state index in [0.717, 1.165) is 37.5 Å². The molecule has 5 nitrogen and oxygen atoms in total. The van der Waals surface area contributed by atoms with Gasteiger partial charge in [0.2, 0.25) is 0 Å². The van der Waals surface area contributed by atoms with Crippen molar-refractivity contribution >= 4 is 61.1 Å². The number of hydrogen-bond donors (Lipinski definition) is 1. The predicted octanol–water partition coefficient (Wildman–Crippen LogP) is 6.07. The van der Waals surface area contributed by atoms with E-state index in [1.54, 1.807) is 30.5 Å². The fourth-order valence-electron chi connectivity index (χ4n) is 5.17. The van der Waals surface area contributed by atoms with Crippen molar-refractivity contribution in [3.05, 3.63) is 102 Å². The van der Waals surface area contributed by atoms with E-state index in [-0.39, 0.29) is 11.3 Å². The van der Waals surface area contributed by atoms with Crippen molar-refractivity contribution in [3.63, 3.8) is 0 Å². The van der Waals surface area contributed by atoms with Crippen LogP contribution in [0, 0.1) is 0 Å². The standard InChI is InChI=1S/C29H16N2O3/c32-21-13-19-5-2-6-23-26(19)24(14-21)29(34)31(28(23)33)30-15-20-10-9-18-8-7-16-3-1-4-17-11-12-22(20)27(18)25(16)17/h1-15,32H. The number of nitrogens with zero attached hydrogens (tertiary/aromatic N) is 2. The molecule has 6 aromatic rings. The third kappa shape index (κ3) is 2.46. The third-order valence-corrected chi connectivity index (χ3v) is 6.68. The predicted molar refractivity (Wildman–Crippen MR) is 134 cm³/mol. The molecule has 0 saturated carbocycles. The number of carbonyl (C=O) groups excluding carboxylic acids is 2. The number of carbonyl (C=O) groups is 2. The number of phenols is 1. The van der Waals surface area contributed by atoms with Crippen LogP contribution in [0.25, 0.3) is 43.1 Å². The maximum atomic E-state index is 13.2. The molecule has 5 heteroatoms. The lowest BCUT2D eigenvalue weighted by Gasteiger charge is -2.23. The Kier molecular flexibility index (Phi) is 3.65. The van der Waals surface area contributed by atoms with E-state index in [0.29, 0.717) is 16.3 Å². The van der Waals surface area contributed by atoms with Gasteiger partial charge >= 0.3 is 0 Å². The first-order chi connectivity index (χ1) is 16.6. The van der Waals surface area contributed by atoms with Crippen LogP contribution in [0.3, 0.4) is 0 Å². The Morgan fingerprint density at radius 2 is 1.29 bits per heavy atom. The van der Waals surface area contributed by atoms with Crippen LogP contribution in [0.5, 0.6) is 5.75 Å². The number of hydrazone groups is 1. The van der Waals surface area contributed by atoms with Gasteiger partial charge in [0.05, 0.1) is 17.3 Å². The summed E-state index contributed by atoms with van der Waals surface area (Å²) in [4.78, 5) is 26.4. The summed E-state index contributed by atoms with van der Waals surface area (Å²) < 4.78 is 0. The molecule has 6 aromatic carbocycles. The molecule has 0 aromatic heterocycles. The lowest BCUT2D eigenvalue weighted by molar-refractivity contribution is 0.0616. The monoisotopic (exact) mass is 440 g/mol. The average Bonchev–Trinajstić information content (AvgIpc) is 2.86. The maximum absolute atomic E-state index is 13.2. The number of hydrogen-bond acceptors (Lipinski definition) is 4. The summed E-state index contributed by atoms with van der Waals surface area (Å²) in [5.41, 5.74) is 1.46. The minimum Gasteiger partial charge on any atom is -0.508 e. The summed E-state index contributed by atoms with van der Waals surface area (Å²) in [6.45, 7) is 0. The summed E-state index contributed by atoms with van der Waals surface area (Å²) in [6.07, 6.45) is 1.57. The molecule has 160 valence electrons. The number of amides is 2. The largest absolute Gasteiger partial charge is 0.508 e. The van der Waals surface area contributed by atoms with E-state index >= 15 is 0 Å². The number of rotatable bonds is 2. The van der Waals surface area contributed by atoms with Gasteiger partial charge in [0, 0.05) is 10.9 Å². The number of aromatic hydroxyl groups is 1. The van der Waals surface area contributed by atoms with Crippen LogP contribution in [0.15, 0.2) is 90.0 Å². The quantitative estimate of drug-likeness (QED) is 0.202. The Balaban J connectivity index is 1.39. The molecule has 1 aliphatic rings. The zero-order valence-corrected chi connectivity index (χ0v) is 17.8. The second-order valence-electron chi connectivity index (χ2n) is 8.57. The molecule has 0 saturated heterocycles. The molecule has 0 unspecified atom stereocenters. The normalized spacial score (nSPS) is 13.9. The first kappa shape index (κ1) is 18.8. The molecular formula is C29H16N2O3. The lowest BCUT2D eigenvalue weighted by atomic mass is 9.92. The minimum absolute atomic E-state index is 0.0296. The molecule has 0 spiro atoms. The highest BCUT2D eigenvalue weighted by atomic mass is 16.3. The molecule has 7 rings (SSSR count). The molecule has 0 atom stereocenters. The van der Waals surface area contributed by atoms with E-state index in [4.69, 9.17) is 0 Å². The van der Waals surface area contributed by atoms with Crippen molar-refractivity contribution in [2.45, 2.75) is 0 Å². The summed E-state index contributed by atoms with van der Waals surface area (Å²) in [6, 6.07) is 26.7. The summed E-state index contributed by atoms with van der Waals surface area (Å²) >= 11 is 0. The van der Waals surface area contributed by atoms with Crippen molar-refractivity contribution in [1.29, 1.82) is 0 Å². The Morgan fingerprint density at radius 3 is 2.12 bits per heavy atom. The van der Waals surface area contributed by atoms with Gasteiger partial charge in [-0.15, -0.1) is 0 Å². The topological polar surface area (TPSA) is 70.0 Å². The first-order valence-electron chi connectivity index (χ1n) is 11.0. The molecule has 0 radical (unpaired) electrons. The second-order valence-corrected chi connectivity index (χ2v) is 8.57. The van der Waals surface area contributed by atoms with Crippen LogP contribution in [-0.2, 0) is 0 Å². The van der Waals surface area contributed by atoms with Crippen LogP contribution in [0.4, 0.5) is 0 Å². The minimum atomic E-state index is -0.557. The SMILES string of the molecule is O=C1c2cccc3cc(O)cc(c23)C(=O)N1N=Cc1ccc2ccc3cccc4ccc1c2c34. The van der Waals surface area contributed by atoms with Gasteiger partial charge in [-0.2, -0.15) is 10.1 Å². The lowest BCUT2D eigenvalue weighted by Crippen LogP contribution is -2.36. The Bertz CT molecular complexity index is 1850. The maximum Gasteiger partial charge on any atom is 0.282 e. The zero-order chi connectivity index (χ0) is 23.0. The van der Waals surface area contributed by atoms with Gasteiger partial charge in [-0.25, -0.2) is 0 Å². The Morgan fingerprint density at radius 1 is 0.647 bits per heavy atom. The molecule has 1 aliphatic heterocycles. The van der Waals surface area contributed by atoms with Crippen LogP contribution in [-0.4, -0.2) is 28.1 Å². The van der Waals surface area contributed by atoms with Crippen LogP contribution in [0.2, 0.25) is 0 Å². The third-order valence-electron chi connectivity index (χ3n) is 6.68. The highest BCUT2D eigenvalue weighted by Gasteiger charge is 2.33. The second kappa shape index (κ2) is 6.62. The molecule has 1 N–H and O–H groups in total. The number of imide groups is 1. The Hall–Kier alpha value is -4.77.